The molecule has 1 aromatic carbocycles. The summed E-state index contributed by atoms with van der Waals surface area (Å²) >= 11 is 0. The van der Waals surface area contributed by atoms with Crippen LogP contribution in [-0.4, -0.2) is 61.6 Å². The summed E-state index contributed by atoms with van der Waals surface area (Å²) in [6.07, 6.45) is 5.38. The fourth-order valence-corrected chi connectivity index (χ4v) is 3.97. The largest absolute Gasteiger partial charge is 0.488 e. The predicted octanol–water partition coefficient (Wildman–Crippen LogP) is 3.58. The zero-order valence-corrected chi connectivity index (χ0v) is 15.3. The van der Waals surface area contributed by atoms with Gasteiger partial charge in [0.2, 0.25) is 0 Å². The van der Waals surface area contributed by atoms with Crippen molar-refractivity contribution in [1.29, 1.82) is 0 Å². The zero-order valence-electron chi connectivity index (χ0n) is 15.3. The van der Waals surface area contributed by atoms with Crippen molar-refractivity contribution in [2.75, 3.05) is 32.8 Å². The highest BCUT2D eigenvalue weighted by atomic mass is 19.3. The molecular weight excluding hydrogens is 354 g/mol. The Bertz CT molecular complexity index is 746. The Morgan fingerprint density at radius 1 is 1.26 bits per heavy atom. The minimum atomic E-state index is -2.68. The number of alkyl halides is 2. The number of benzene rings is 1. The monoisotopic (exact) mass is 380 g/mol. The number of aromatic nitrogens is 1. The smallest absolute Gasteiger partial charge is 0.345 e. The van der Waals surface area contributed by atoms with Crippen LogP contribution in [0.1, 0.15) is 24.8 Å². The Kier molecular flexibility index (Phi) is 5.90. The Hall–Kier alpha value is -1.70. The van der Waals surface area contributed by atoms with E-state index in [-0.39, 0.29) is 12.2 Å². The molecule has 7 heteroatoms. The molecule has 5 nitrogen and oxygen atoms in total. The molecule has 2 saturated heterocycles. The van der Waals surface area contributed by atoms with Crippen LogP contribution in [0.3, 0.4) is 0 Å². The Balaban J connectivity index is 1.36. The van der Waals surface area contributed by atoms with Crippen molar-refractivity contribution in [2.45, 2.75) is 44.5 Å². The third-order valence-corrected chi connectivity index (χ3v) is 5.38. The summed E-state index contributed by atoms with van der Waals surface area (Å²) in [5.41, 5.74) is 2.30. The molecule has 2 atom stereocenters. The number of halogens is 2. The summed E-state index contributed by atoms with van der Waals surface area (Å²) in [5, 5.41) is 1.16. The van der Waals surface area contributed by atoms with E-state index in [1.807, 2.05) is 18.3 Å². The topological polar surface area (TPSA) is 46.7 Å². The molecule has 1 N–H and O–H groups in total. The molecule has 4 rings (SSSR count). The number of hydrogen-bond acceptors (Lipinski definition) is 4. The standard InChI is InChI=1S/C20H26F2N2O3/c21-20(22)27-16-6-8-24(12-16)7-5-14-11-23-19-4-3-15(10-18(14)19)26-17-2-1-9-25-13-17/h3-4,10-11,16-17,20,23H,1-2,5-9,12-13H2/t16-,17-/m0/s1. The van der Waals surface area contributed by atoms with E-state index in [2.05, 4.69) is 20.7 Å². The number of aromatic amines is 1. The molecule has 2 aliphatic rings. The third kappa shape index (κ3) is 4.78. The number of ether oxygens (including phenoxy) is 3. The first kappa shape index (κ1) is 18.7. The number of H-pyrrole nitrogens is 1. The van der Waals surface area contributed by atoms with Crippen LogP contribution in [0, 0.1) is 0 Å². The van der Waals surface area contributed by atoms with E-state index >= 15 is 0 Å². The van der Waals surface area contributed by atoms with Crippen LogP contribution in [0.2, 0.25) is 0 Å². The molecule has 0 amide bonds. The lowest BCUT2D eigenvalue weighted by Crippen LogP contribution is -2.27. The minimum absolute atomic E-state index is 0.120. The second kappa shape index (κ2) is 8.54. The van der Waals surface area contributed by atoms with Gasteiger partial charge in [-0.05, 0) is 49.4 Å². The van der Waals surface area contributed by atoms with Gasteiger partial charge in [0.1, 0.15) is 11.9 Å². The van der Waals surface area contributed by atoms with Crippen LogP contribution in [0.15, 0.2) is 24.4 Å². The molecule has 0 saturated carbocycles. The highest BCUT2D eigenvalue weighted by Gasteiger charge is 2.25. The van der Waals surface area contributed by atoms with Gasteiger partial charge < -0.3 is 24.1 Å². The third-order valence-electron chi connectivity index (χ3n) is 5.38. The minimum Gasteiger partial charge on any atom is -0.488 e. The van der Waals surface area contributed by atoms with Crippen molar-refractivity contribution in [3.63, 3.8) is 0 Å². The summed E-state index contributed by atoms with van der Waals surface area (Å²) in [4.78, 5) is 5.49. The van der Waals surface area contributed by atoms with Crippen LogP contribution in [0.5, 0.6) is 5.75 Å². The molecule has 2 aromatic rings. The van der Waals surface area contributed by atoms with Crippen molar-refractivity contribution in [2.24, 2.45) is 0 Å². The lowest BCUT2D eigenvalue weighted by Gasteiger charge is -2.23. The van der Waals surface area contributed by atoms with Gasteiger partial charge in [0.15, 0.2) is 0 Å². The molecule has 0 unspecified atom stereocenters. The number of likely N-dealkylation sites (tertiary alicyclic amines) is 1. The van der Waals surface area contributed by atoms with E-state index in [1.54, 1.807) is 0 Å². The average molecular weight is 380 g/mol. The molecule has 2 fully saturated rings. The number of nitrogens with one attached hydrogen (secondary N) is 1. The maximum atomic E-state index is 12.3. The van der Waals surface area contributed by atoms with Crippen LogP contribution in [0.4, 0.5) is 8.78 Å². The van der Waals surface area contributed by atoms with Gasteiger partial charge in [-0.3, -0.25) is 0 Å². The number of fused-ring (bicyclic) bond motifs is 1. The maximum Gasteiger partial charge on any atom is 0.345 e. The predicted molar refractivity (Wildman–Crippen MR) is 98.4 cm³/mol. The first-order valence-electron chi connectivity index (χ1n) is 9.68. The fraction of sp³-hybridized carbons (Fsp3) is 0.600. The molecular formula is C20H26F2N2O3. The summed E-state index contributed by atoms with van der Waals surface area (Å²) in [7, 11) is 0. The van der Waals surface area contributed by atoms with Gasteiger partial charge in [-0.25, -0.2) is 0 Å². The molecule has 1 aromatic heterocycles. The lowest BCUT2D eigenvalue weighted by atomic mass is 10.1. The molecule has 3 heterocycles. The Labute approximate surface area is 157 Å². The van der Waals surface area contributed by atoms with E-state index in [9.17, 15) is 8.78 Å². The quantitative estimate of drug-likeness (QED) is 0.798. The molecule has 0 aliphatic carbocycles. The van der Waals surface area contributed by atoms with Gasteiger partial charge in [-0.1, -0.05) is 0 Å². The highest BCUT2D eigenvalue weighted by molar-refractivity contribution is 5.84. The van der Waals surface area contributed by atoms with Gasteiger partial charge in [-0.15, -0.1) is 0 Å². The van der Waals surface area contributed by atoms with Gasteiger partial charge >= 0.3 is 6.61 Å². The van der Waals surface area contributed by atoms with E-state index in [0.29, 0.717) is 19.6 Å². The summed E-state index contributed by atoms with van der Waals surface area (Å²) < 4.78 is 40.9. The van der Waals surface area contributed by atoms with E-state index in [1.165, 1.54) is 5.56 Å². The Morgan fingerprint density at radius 2 is 2.19 bits per heavy atom. The van der Waals surface area contributed by atoms with Crippen molar-refractivity contribution in [3.8, 4) is 5.75 Å². The highest BCUT2D eigenvalue weighted by Crippen LogP contribution is 2.26. The fourth-order valence-electron chi connectivity index (χ4n) is 3.97. The number of hydrogen-bond donors (Lipinski definition) is 1. The molecule has 148 valence electrons. The molecule has 0 spiro atoms. The van der Waals surface area contributed by atoms with Crippen molar-refractivity contribution in [3.05, 3.63) is 30.0 Å². The lowest BCUT2D eigenvalue weighted by molar-refractivity contribution is -0.158. The normalized spacial score (nSPS) is 24.1. The van der Waals surface area contributed by atoms with Crippen LogP contribution >= 0.6 is 0 Å². The summed E-state index contributed by atoms with van der Waals surface area (Å²) in [6, 6.07) is 6.12. The second-order valence-electron chi connectivity index (χ2n) is 7.34. The van der Waals surface area contributed by atoms with Crippen LogP contribution in [-0.2, 0) is 15.9 Å². The first-order chi connectivity index (χ1) is 13.2. The van der Waals surface area contributed by atoms with E-state index in [4.69, 9.17) is 9.47 Å². The molecule has 2 aliphatic heterocycles. The van der Waals surface area contributed by atoms with E-state index in [0.717, 1.165) is 55.6 Å². The van der Waals surface area contributed by atoms with Crippen LogP contribution < -0.4 is 4.74 Å². The average Bonchev–Trinajstić information content (AvgIpc) is 3.27. The van der Waals surface area contributed by atoms with Crippen molar-refractivity contribution >= 4 is 10.9 Å². The summed E-state index contributed by atoms with van der Waals surface area (Å²) in [5.74, 6) is 0.866. The molecule has 0 radical (unpaired) electrons. The Morgan fingerprint density at radius 3 is 3.00 bits per heavy atom. The van der Waals surface area contributed by atoms with Crippen LogP contribution in [0.25, 0.3) is 10.9 Å². The van der Waals surface area contributed by atoms with Crippen molar-refractivity contribution in [1.82, 2.24) is 9.88 Å². The van der Waals surface area contributed by atoms with Gasteiger partial charge in [0.25, 0.3) is 0 Å². The zero-order chi connectivity index (χ0) is 18.6. The maximum absolute atomic E-state index is 12.3. The second-order valence-corrected chi connectivity index (χ2v) is 7.34. The molecule has 0 bridgehead atoms. The number of nitrogens with zero attached hydrogens (tertiary/aromatic N) is 1. The summed E-state index contributed by atoms with van der Waals surface area (Å²) in [6.45, 7) is 0.988. The van der Waals surface area contributed by atoms with E-state index < -0.39 is 6.61 Å². The van der Waals surface area contributed by atoms with Gasteiger partial charge in [0, 0.05) is 43.3 Å². The van der Waals surface area contributed by atoms with Gasteiger partial charge in [0.05, 0.1) is 12.7 Å². The first-order valence-corrected chi connectivity index (χ1v) is 9.68. The molecule has 27 heavy (non-hydrogen) atoms. The SMILES string of the molecule is FC(F)O[C@H]1CCN(CCc2c[nH]c3ccc(O[C@H]4CCCOC4)cc23)C1. The number of rotatable bonds is 7. The van der Waals surface area contributed by atoms with Gasteiger partial charge in [-0.2, -0.15) is 8.78 Å². The van der Waals surface area contributed by atoms with Crippen molar-refractivity contribution < 1.29 is 23.0 Å².